The first-order chi connectivity index (χ1) is 10.2. The van der Waals surface area contributed by atoms with E-state index in [1.54, 1.807) is 12.1 Å². The standard InChI is InChI=1S/C17H13FN2O/c1-9-2-3-11(13(18)6-9)12-7-10(8-19)20-17-15-5-4-14(21-15)16(12)17/h2-3,6-7,14-15H,4-5H2,1H3. The summed E-state index contributed by atoms with van der Waals surface area (Å²) in [4.78, 5) is 4.38. The van der Waals surface area contributed by atoms with Crippen LogP contribution in [0.2, 0.25) is 0 Å². The second-order valence-corrected chi connectivity index (χ2v) is 5.64. The average molecular weight is 280 g/mol. The van der Waals surface area contributed by atoms with Crippen LogP contribution in [0.25, 0.3) is 11.1 Å². The van der Waals surface area contributed by atoms with Crippen molar-refractivity contribution >= 4 is 0 Å². The van der Waals surface area contributed by atoms with E-state index in [4.69, 9.17) is 4.74 Å². The monoisotopic (exact) mass is 280 g/mol. The van der Waals surface area contributed by atoms with E-state index in [0.29, 0.717) is 11.3 Å². The fourth-order valence-corrected chi connectivity index (χ4v) is 3.33. The van der Waals surface area contributed by atoms with E-state index in [2.05, 4.69) is 11.1 Å². The van der Waals surface area contributed by atoms with E-state index in [-0.39, 0.29) is 18.0 Å². The second-order valence-electron chi connectivity index (χ2n) is 5.64. The van der Waals surface area contributed by atoms with E-state index >= 15 is 0 Å². The summed E-state index contributed by atoms with van der Waals surface area (Å²) >= 11 is 0. The third-order valence-electron chi connectivity index (χ3n) is 4.26. The molecule has 0 aliphatic carbocycles. The molecular weight excluding hydrogens is 267 g/mol. The highest BCUT2D eigenvalue weighted by molar-refractivity contribution is 5.71. The van der Waals surface area contributed by atoms with Crippen LogP contribution in [0.3, 0.4) is 0 Å². The summed E-state index contributed by atoms with van der Waals surface area (Å²) in [5.41, 5.74) is 4.25. The number of benzene rings is 1. The van der Waals surface area contributed by atoms with Gasteiger partial charge in [-0.3, -0.25) is 0 Å². The number of pyridine rings is 1. The van der Waals surface area contributed by atoms with Gasteiger partial charge in [-0.15, -0.1) is 0 Å². The molecule has 3 nitrogen and oxygen atoms in total. The first-order valence-corrected chi connectivity index (χ1v) is 7.04. The zero-order chi connectivity index (χ0) is 14.6. The normalized spacial score (nSPS) is 22.1. The average Bonchev–Trinajstić information content (AvgIpc) is 3.08. The van der Waals surface area contributed by atoms with E-state index in [1.165, 1.54) is 6.07 Å². The Hall–Kier alpha value is -2.25. The van der Waals surface area contributed by atoms with Crippen LogP contribution in [0.4, 0.5) is 4.39 Å². The molecule has 0 saturated carbocycles. The fraction of sp³-hybridized carbons (Fsp3) is 0.294. The molecule has 4 heteroatoms. The van der Waals surface area contributed by atoms with Gasteiger partial charge in [0.05, 0.1) is 11.8 Å². The number of nitriles is 1. The van der Waals surface area contributed by atoms with Gasteiger partial charge < -0.3 is 4.74 Å². The first kappa shape index (κ1) is 12.5. The third kappa shape index (κ3) is 1.78. The molecular formula is C17H13FN2O. The smallest absolute Gasteiger partial charge is 0.141 e. The van der Waals surface area contributed by atoms with Crippen LogP contribution < -0.4 is 0 Å². The van der Waals surface area contributed by atoms with Crippen LogP contribution in [0, 0.1) is 24.1 Å². The molecule has 21 heavy (non-hydrogen) atoms. The van der Waals surface area contributed by atoms with Gasteiger partial charge in [-0.05, 0) is 43.0 Å². The van der Waals surface area contributed by atoms with Crippen LogP contribution in [0.5, 0.6) is 0 Å². The van der Waals surface area contributed by atoms with Gasteiger partial charge in [-0.25, -0.2) is 9.37 Å². The second kappa shape index (κ2) is 4.37. The Morgan fingerprint density at radius 1 is 1.24 bits per heavy atom. The summed E-state index contributed by atoms with van der Waals surface area (Å²) in [6.07, 6.45) is 1.81. The van der Waals surface area contributed by atoms with Gasteiger partial charge in [-0.1, -0.05) is 12.1 Å². The van der Waals surface area contributed by atoms with E-state index in [0.717, 1.165) is 35.2 Å². The maximum Gasteiger partial charge on any atom is 0.141 e. The SMILES string of the molecule is Cc1ccc(-c2cc(C#N)nc3c2C2CCC3O2)c(F)c1. The molecule has 2 aliphatic heterocycles. The Bertz CT molecular complexity index is 794. The molecule has 1 aromatic carbocycles. The molecule has 2 atom stereocenters. The molecule has 4 rings (SSSR count). The number of ether oxygens (including phenoxy) is 1. The number of hydrogen-bond acceptors (Lipinski definition) is 3. The maximum absolute atomic E-state index is 14.3. The van der Waals surface area contributed by atoms with Crippen molar-refractivity contribution in [1.82, 2.24) is 4.98 Å². The van der Waals surface area contributed by atoms with Crippen molar-refractivity contribution in [2.75, 3.05) is 0 Å². The van der Waals surface area contributed by atoms with Gasteiger partial charge in [0.15, 0.2) is 0 Å². The van der Waals surface area contributed by atoms with Crippen LogP contribution in [0.15, 0.2) is 24.3 Å². The first-order valence-electron chi connectivity index (χ1n) is 7.04. The van der Waals surface area contributed by atoms with Crippen molar-refractivity contribution in [3.05, 3.63) is 52.6 Å². The Morgan fingerprint density at radius 2 is 2.05 bits per heavy atom. The molecule has 0 spiro atoms. The predicted octanol–water partition coefficient (Wildman–Crippen LogP) is 3.97. The predicted molar refractivity (Wildman–Crippen MR) is 74.9 cm³/mol. The minimum atomic E-state index is -0.268. The molecule has 1 fully saturated rings. The Balaban J connectivity index is 1.99. The molecule has 2 aliphatic rings. The summed E-state index contributed by atoms with van der Waals surface area (Å²) in [5, 5.41) is 9.18. The van der Waals surface area contributed by atoms with Crippen LogP contribution in [-0.4, -0.2) is 4.98 Å². The lowest BCUT2D eigenvalue weighted by Gasteiger charge is -2.16. The molecule has 0 radical (unpaired) electrons. The molecule has 2 bridgehead atoms. The van der Waals surface area contributed by atoms with Crippen molar-refractivity contribution in [1.29, 1.82) is 5.26 Å². The van der Waals surface area contributed by atoms with Crippen LogP contribution in [-0.2, 0) is 4.74 Å². The van der Waals surface area contributed by atoms with Gasteiger partial charge in [0, 0.05) is 11.1 Å². The number of rotatable bonds is 1. The summed E-state index contributed by atoms with van der Waals surface area (Å²) < 4.78 is 20.2. The number of hydrogen-bond donors (Lipinski definition) is 0. The number of nitrogens with zero attached hydrogens (tertiary/aromatic N) is 2. The Labute approximate surface area is 122 Å². The number of halogens is 1. The minimum absolute atomic E-state index is 0.0130. The highest BCUT2D eigenvalue weighted by atomic mass is 19.1. The third-order valence-corrected chi connectivity index (χ3v) is 4.26. The van der Waals surface area contributed by atoms with E-state index < -0.39 is 0 Å². The molecule has 1 saturated heterocycles. The van der Waals surface area contributed by atoms with Crippen molar-refractivity contribution < 1.29 is 9.13 Å². The molecule has 1 aromatic heterocycles. The lowest BCUT2D eigenvalue weighted by Crippen LogP contribution is -2.05. The van der Waals surface area contributed by atoms with E-state index in [1.807, 2.05) is 13.0 Å². The van der Waals surface area contributed by atoms with Gasteiger partial charge in [0.25, 0.3) is 0 Å². The highest BCUT2D eigenvalue weighted by Gasteiger charge is 2.41. The molecule has 2 aromatic rings. The van der Waals surface area contributed by atoms with Crippen molar-refractivity contribution in [3.63, 3.8) is 0 Å². The lowest BCUT2D eigenvalue weighted by atomic mass is 9.88. The molecule has 0 N–H and O–H groups in total. The van der Waals surface area contributed by atoms with Gasteiger partial charge >= 0.3 is 0 Å². The highest BCUT2D eigenvalue weighted by Crippen LogP contribution is 2.53. The number of aromatic nitrogens is 1. The lowest BCUT2D eigenvalue weighted by molar-refractivity contribution is 0.0705. The quantitative estimate of drug-likeness (QED) is 0.794. The Morgan fingerprint density at radius 3 is 2.81 bits per heavy atom. The molecule has 3 heterocycles. The van der Waals surface area contributed by atoms with Crippen molar-refractivity contribution in [2.45, 2.75) is 32.0 Å². The zero-order valence-corrected chi connectivity index (χ0v) is 11.6. The maximum atomic E-state index is 14.3. The largest absolute Gasteiger partial charge is 0.364 e. The van der Waals surface area contributed by atoms with Crippen molar-refractivity contribution in [3.8, 4) is 17.2 Å². The summed E-state index contributed by atoms with van der Waals surface area (Å²) in [6.45, 7) is 1.86. The minimum Gasteiger partial charge on any atom is -0.364 e. The summed E-state index contributed by atoms with van der Waals surface area (Å²) in [7, 11) is 0. The molecule has 0 amide bonds. The van der Waals surface area contributed by atoms with Crippen molar-refractivity contribution in [2.24, 2.45) is 0 Å². The summed E-state index contributed by atoms with van der Waals surface area (Å²) in [6, 6.07) is 8.91. The Kier molecular flexibility index (Phi) is 2.60. The van der Waals surface area contributed by atoms with Crippen LogP contribution >= 0.6 is 0 Å². The number of fused-ring (bicyclic) bond motifs is 5. The van der Waals surface area contributed by atoms with Gasteiger partial charge in [0.1, 0.15) is 23.7 Å². The molecule has 2 unspecified atom stereocenters. The topological polar surface area (TPSA) is 45.9 Å². The van der Waals surface area contributed by atoms with Gasteiger partial charge in [0.2, 0.25) is 0 Å². The number of aryl methyl sites for hydroxylation is 1. The van der Waals surface area contributed by atoms with Crippen LogP contribution in [0.1, 0.15) is 47.6 Å². The van der Waals surface area contributed by atoms with E-state index in [9.17, 15) is 9.65 Å². The summed E-state index contributed by atoms with van der Waals surface area (Å²) in [5.74, 6) is -0.268. The van der Waals surface area contributed by atoms with Gasteiger partial charge in [-0.2, -0.15) is 5.26 Å². The molecule has 104 valence electrons. The zero-order valence-electron chi connectivity index (χ0n) is 11.6. The fourth-order valence-electron chi connectivity index (χ4n) is 3.33.